The van der Waals surface area contributed by atoms with Crippen molar-refractivity contribution in [3.05, 3.63) is 70.1 Å². The van der Waals surface area contributed by atoms with Crippen molar-refractivity contribution >= 4 is 46.2 Å². The van der Waals surface area contributed by atoms with Gasteiger partial charge >= 0.3 is 11.9 Å². The fourth-order valence-electron chi connectivity index (χ4n) is 4.02. The summed E-state index contributed by atoms with van der Waals surface area (Å²) in [7, 11) is 0. The molecule has 162 valence electrons. The first kappa shape index (κ1) is 21.7. The summed E-state index contributed by atoms with van der Waals surface area (Å²) < 4.78 is 25.2. The highest BCUT2D eigenvalue weighted by Gasteiger charge is 2.48. The van der Waals surface area contributed by atoms with Crippen LogP contribution in [0, 0.1) is 11.7 Å². The second kappa shape index (κ2) is 8.20. The van der Waals surface area contributed by atoms with Gasteiger partial charge in [-0.1, -0.05) is 23.7 Å². The third-order valence-corrected chi connectivity index (χ3v) is 6.15. The number of fused-ring (bicyclic) bond motifs is 1. The van der Waals surface area contributed by atoms with E-state index in [1.807, 2.05) is 6.26 Å². The van der Waals surface area contributed by atoms with Crippen LogP contribution in [0.25, 0.3) is 10.9 Å². The zero-order chi connectivity index (χ0) is 22.3. The van der Waals surface area contributed by atoms with Crippen molar-refractivity contribution in [2.24, 2.45) is 5.92 Å². The third-order valence-electron chi connectivity index (χ3n) is 5.33. The Hall–Kier alpha value is -2.51. The van der Waals surface area contributed by atoms with Gasteiger partial charge in [0.05, 0.1) is 5.52 Å². The minimum Gasteiger partial charge on any atom is -0.422 e. The summed E-state index contributed by atoms with van der Waals surface area (Å²) in [4.78, 5) is 29.0. The van der Waals surface area contributed by atoms with Crippen LogP contribution in [0.4, 0.5) is 4.39 Å². The lowest BCUT2D eigenvalue weighted by Gasteiger charge is -2.36. The molecule has 1 aliphatic heterocycles. The third kappa shape index (κ3) is 4.04. The number of esters is 2. The van der Waals surface area contributed by atoms with E-state index in [4.69, 9.17) is 21.1 Å². The lowest BCUT2D eigenvalue weighted by Crippen LogP contribution is -2.48. The van der Waals surface area contributed by atoms with Crippen LogP contribution in [0.3, 0.4) is 0 Å². The molecule has 1 aliphatic rings. The predicted octanol–water partition coefficient (Wildman–Crippen LogP) is 5.41. The lowest BCUT2D eigenvalue weighted by atomic mass is 9.80. The fraction of sp³-hybridized carbons (Fsp3) is 0.304. The number of benzene rings is 2. The lowest BCUT2D eigenvalue weighted by molar-refractivity contribution is -0.240. The topological polar surface area (TPSA) is 68.4 Å². The SMILES string of the molecule is CSCc1c(F)ccc2c(C(c3ccc(Cl)cc3)C3C(=O)OC(C)(C)OC3=O)c[nH]c12. The van der Waals surface area contributed by atoms with Gasteiger partial charge in [0.15, 0.2) is 5.92 Å². The zero-order valence-corrected chi connectivity index (χ0v) is 18.8. The second-order valence-electron chi connectivity index (χ2n) is 7.87. The molecule has 8 heteroatoms. The maximum Gasteiger partial charge on any atom is 0.324 e. The maximum atomic E-state index is 14.5. The molecule has 1 saturated heterocycles. The van der Waals surface area contributed by atoms with Crippen molar-refractivity contribution in [1.82, 2.24) is 4.98 Å². The number of rotatable bonds is 5. The summed E-state index contributed by atoms with van der Waals surface area (Å²) >= 11 is 7.56. The first-order chi connectivity index (χ1) is 14.7. The van der Waals surface area contributed by atoms with Crippen molar-refractivity contribution in [2.45, 2.75) is 31.3 Å². The number of hydrogen-bond acceptors (Lipinski definition) is 5. The van der Waals surface area contributed by atoms with Crippen LogP contribution in [0.1, 0.15) is 36.5 Å². The van der Waals surface area contributed by atoms with Gasteiger partial charge in [-0.3, -0.25) is 9.59 Å². The minimum absolute atomic E-state index is 0.309. The van der Waals surface area contributed by atoms with E-state index in [0.717, 1.165) is 5.39 Å². The molecule has 3 aromatic rings. The van der Waals surface area contributed by atoms with Crippen LogP contribution in [0.15, 0.2) is 42.6 Å². The zero-order valence-electron chi connectivity index (χ0n) is 17.2. The Morgan fingerprint density at radius 1 is 1.13 bits per heavy atom. The monoisotopic (exact) mass is 461 g/mol. The molecule has 0 saturated carbocycles. The van der Waals surface area contributed by atoms with Crippen molar-refractivity contribution in [1.29, 1.82) is 0 Å². The molecule has 31 heavy (non-hydrogen) atoms. The molecule has 5 nitrogen and oxygen atoms in total. The first-order valence-corrected chi connectivity index (χ1v) is 11.5. The van der Waals surface area contributed by atoms with E-state index in [-0.39, 0.29) is 5.82 Å². The Morgan fingerprint density at radius 3 is 2.39 bits per heavy atom. The van der Waals surface area contributed by atoms with Crippen molar-refractivity contribution in [3.8, 4) is 0 Å². The van der Waals surface area contributed by atoms with Crippen LogP contribution in [-0.2, 0) is 24.8 Å². The van der Waals surface area contributed by atoms with Crippen molar-refractivity contribution in [3.63, 3.8) is 0 Å². The summed E-state index contributed by atoms with van der Waals surface area (Å²) in [6.07, 6.45) is 3.61. The van der Waals surface area contributed by atoms with Gasteiger partial charge in [-0.05, 0) is 41.6 Å². The van der Waals surface area contributed by atoms with Gasteiger partial charge in [-0.15, -0.1) is 0 Å². The molecule has 1 fully saturated rings. The molecule has 1 N–H and O–H groups in total. The summed E-state index contributed by atoms with van der Waals surface area (Å²) in [5.41, 5.74) is 2.56. The van der Waals surface area contributed by atoms with E-state index in [2.05, 4.69) is 4.98 Å². The molecule has 2 heterocycles. The van der Waals surface area contributed by atoms with Crippen LogP contribution in [0.5, 0.6) is 0 Å². The molecule has 0 spiro atoms. The summed E-state index contributed by atoms with van der Waals surface area (Å²) in [6, 6.07) is 9.98. The van der Waals surface area contributed by atoms with Gasteiger partial charge in [0.25, 0.3) is 5.79 Å². The Labute approximate surface area is 188 Å². The molecule has 1 atom stereocenters. The van der Waals surface area contributed by atoms with Crippen LogP contribution in [0.2, 0.25) is 5.02 Å². The molecule has 0 aliphatic carbocycles. The summed E-state index contributed by atoms with van der Waals surface area (Å²) in [6.45, 7) is 3.03. The number of H-pyrrole nitrogens is 1. The minimum atomic E-state index is -1.33. The molecule has 0 amide bonds. The molecule has 0 bridgehead atoms. The highest BCUT2D eigenvalue weighted by molar-refractivity contribution is 7.97. The van der Waals surface area contributed by atoms with E-state index in [1.54, 1.807) is 36.5 Å². The van der Waals surface area contributed by atoms with Crippen LogP contribution < -0.4 is 0 Å². The average molecular weight is 462 g/mol. The number of aromatic nitrogens is 1. The Balaban J connectivity index is 1.90. The molecule has 1 unspecified atom stereocenters. The molecule has 0 radical (unpaired) electrons. The standard InChI is InChI=1S/C23H21ClFNO4S/c1-23(2)29-21(27)19(22(28)30-23)18(12-4-6-13(24)7-5-12)15-10-26-20-14(15)8-9-17(25)16(20)11-31-3/h4-10,18-19,26H,11H2,1-3H3. The molecular formula is C23H21ClFNO4S. The molecular weight excluding hydrogens is 441 g/mol. The Kier molecular flexibility index (Phi) is 5.75. The number of halogens is 2. The number of hydrogen-bond donors (Lipinski definition) is 1. The fourth-order valence-corrected chi connectivity index (χ4v) is 4.72. The molecule has 4 rings (SSSR count). The van der Waals surface area contributed by atoms with E-state index in [1.165, 1.54) is 31.7 Å². The highest BCUT2D eigenvalue weighted by Crippen LogP contribution is 2.42. The summed E-state index contributed by atoms with van der Waals surface area (Å²) in [5, 5.41) is 1.26. The number of carbonyl (C=O) groups is 2. The van der Waals surface area contributed by atoms with Crippen molar-refractivity contribution in [2.75, 3.05) is 6.26 Å². The van der Waals surface area contributed by atoms with Gasteiger partial charge in [0.1, 0.15) is 5.82 Å². The normalized spacial score (nSPS) is 17.5. The van der Waals surface area contributed by atoms with Gasteiger partial charge in [0, 0.05) is 47.7 Å². The number of thioether (sulfide) groups is 1. The molecule has 1 aromatic heterocycles. The average Bonchev–Trinajstić information content (AvgIpc) is 3.11. The second-order valence-corrected chi connectivity index (χ2v) is 9.18. The number of nitrogens with one attached hydrogen (secondary N) is 1. The van der Waals surface area contributed by atoms with Gasteiger partial charge < -0.3 is 14.5 Å². The van der Waals surface area contributed by atoms with E-state index in [0.29, 0.717) is 33.0 Å². The van der Waals surface area contributed by atoms with Crippen LogP contribution >= 0.6 is 23.4 Å². The Bertz CT molecular complexity index is 1140. The highest BCUT2D eigenvalue weighted by atomic mass is 35.5. The van der Waals surface area contributed by atoms with Gasteiger partial charge in [0.2, 0.25) is 0 Å². The van der Waals surface area contributed by atoms with Gasteiger partial charge in [-0.25, -0.2) is 4.39 Å². The smallest absolute Gasteiger partial charge is 0.324 e. The van der Waals surface area contributed by atoms with E-state index >= 15 is 0 Å². The Morgan fingerprint density at radius 2 is 1.77 bits per heavy atom. The predicted molar refractivity (Wildman–Crippen MR) is 119 cm³/mol. The summed E-state index contributed by atoms with van der Waals surface area (Å²) in [5.74, 6) is -4.39. The maximum absolute atomic E-state index is 14.5. The number of aromatic amines is 1. The quantitative estimate of drug-likeness (QED) is 0.406. The van der Waals surface area contributed by atoms with E-state index in [9.17, 15) is 14.0 Å². The first-order valence-electron chi connectivity index (χ1n) is 9.70. The number of carbonyl (C=O) groups excluding carboxylic acids is 2. The van der Waals surface area contributed by atoms with Crippen molar-refractivity contribution < 1.29 is 23.5 Å². The molecule has 2 aromatic carbocycles. The van der Waals surface area contributed by atoms with Gasteiger partial charge in [-0.2, -0.15) is 11.8 Å². The largest absolute Gasteiger partial charge is 0.422 e. The van der Waals surface area contributed by atoms with E-state index < -0.39 is 29.6 Å². The van der Waals surface area contributed by atoms with Crippen LogP contribution in [-0.4, -0.2) is 29.0 Å². The number of ether oxygens (including phenoxy) is 2. The number of cyclic esters (lactones) is 2.